The van der Waals surface area contributed by atoms with Crippen LogP contribution < -0.4 is 4.89 Å². The summed E-state index contributed by atoms with van der Waals surface area (Å²) in [6, 6.07) is 0. The van der Waals surface area contributed by atoms with Crippen molar-refractivity contribution in [2.75, 3.05) is 47.5 Å². The van der Waals surface area contributed by atoms with Crippen molar-refractivity contribution in [2.24, 2.45) is 0 Å². The van der Waals surface area contributed by atoms with E-state index in [0.29, 0.717) is 17.4 Å². The molecule has 0 amide bonds. The number of carbonyl (C=O) groups is 2. The molecule has 0 bridgehead atoms. The van der Waals surface area contributed by atoms with E-state index >= 15 is 0 Å². The van der Waals surface area contributed by atoms with Crippen molar-refractivity contribution < 1.29 is 42.1 Å². The Hall–Kier alpha value is -2.03. The molecule has 0 aliphatic carbocycles. The normalized spacial score (nSPS) is 14.0. The third-order valence-corrected chi connectivity index (χ3v) is 10.8. The van der Waals surface area contributed by atoms with Crippen LogP contribution in [0.3, 0.4) is 0 Å². The second-order valence-corrected chi connectivity index (χ2v) is 18.2. The number of rotatable bonds is 42. The zero-order chi connectivity index (χ0) is 42.8. The minimum atomic E-state index is -4.61. The Morgan fingerprint density at radius 1 is 0.552 bits per heavy atom. The van der Waals surface area contributed by atoms with Gasteiger partial charge in [-0.1, -0.05) is 178 Å². The maximum atomic E-state index is 12.6. The van der Waals surface area contributed by atoms with E-state index in [1.807, 2.05) is 21.1 Å². The van der Waals surface area contributed by atoms with Crippen molar-refractivity contribution in [3.8, 4) is 0 Å². The summed E-state index contributed by atoms with van der Waals surface area (Å²) in [6.07, 6.45) is 47.8. The molecule has 0 fully saturated rings. The minimum Gasteiger partial charge on any atom is -0.756 e. The van der Waals surface area contributed by atoms with E-state index in [9.17, 15) is 19.0 Å². The summed E-state index contributed by atoms with van der Waals surface area (Å²) in [5, 5.41) is 0. The monoisotopic (exact) mass is 838 g/mol. The van der Waals surface area contributed by atoms with Gasteiger partial charge in [0.1, 0.15) is 19.8 Å². The number of likely N-dealkylation sites (N-methyl/N-ethyl adjacent to an activating group) is 1. The Morgan fingerprint density at radius 3 is 1.47 bits per heavy atom. The number of phosphoric acid groups is 1. The van der Waals surface area contributed by atoms with Gasteiger partial charge in [-0.3, -0.25) is 14.2 Å². The number of phosphoric ester groups is 1. The highest BCUT2D eigenvalue weighted by molar-refractivity contribution is 7.45. The summed E-state index contributed by atoms with van der Waals surface area (Å²) in [4.78, 5) is 37.2. The molecule has 9 nitrogen and oxygen atoms in total. The van der Waals surface area contributed by atoms with E-state index in [1.165, 1.54) is 83.5 Å². The molecule has 58 heavy (non-hydrogen) atoms. The third-order valence-electron chi connectivity index (χ3n) is 9.86. The Labute approximate surface area is 356 Å². The number of quaternary nitrogens is 1. The molecule has 0 aromatic heterocycles. The molecule has 0 spiro atoms. The first-order valence-electron chi connectivity index (χ1n) is 23.3. The minimum absolute atomic E-state index is 0.0304. The van der Waals surface area contributed by atoms with Crippen LogP contribution in [-0.2, 0) is 32.7 Å². The van der Waals surface area contributed by atoms with E-state index in [1.54, 1.807) is 0 Å². The molecule has 0 aromatic rings. The fourth-order valence-electron chi connectivity index (χ4n) is 6.23. The second-order valence-electron chi connectivity index (χ2n) is 16.7. The molecule has 0 aliphatic heterocycles. The molecule has 0 heterocycles. The van der Waals surface area contributed by atoms with Crippen molar-refractivity contribution in [2.45, 2.75) is 200 Å². The molecule has 10 heteroatoms. The number of unbranched alkanes of at least 4 members (excludes halogenated alkanes) is 20. The van der Waals surface area contributed by atoms with Crippen LogP contribution in [0, 0.1) is 0 Å². The van der Waals surface area contributed by atoms with Gasteiger partial charge in [-0.15, -0.1) is 0 Å². The van der Waals surface area contributed by atoms with Crippen molar-refractivity contribution in [3.63, 3.8) is 0 Å². The first kappa shape index (κ1) is 56.0. The summed E-state index contributed by atoms with van der Waals surface area (Å²) in [7, 11) is 1.16. The predicted molar refractivity (Wildman–Crippen MR) is 240 cm³/mol. The quantitative estimate of drug-likeness (QED) is 0.0196. The van der Waals surface area contributed by atoms with E-state index in [-0.39, 0.29) is 26.1 Å². The van der Waals surface area contributed by atoms with Crippen molar-refractivity contribution >= 4 is 19.8 Å². The Bertz CT molecular complexity index is 1130. The molecule has 0 rings (SSSR count). The van der Waals surface area contributed by atoms with Crippen molar-refractivity contribution in [3.05, 3.63) is 48.6 Å². The summed E-state index contributed by atoms with van der Waals surface area (Å²) in [5.74, 6) is -0.846. The molecule has 0 aliphatic rings. The molecule has 338 valence electrons. The van der Waals surface area contributed by atoms with Gasteiger partial charge in [0.15, 0.2) is 6.10 Å². The van der Waals surface area contributed by atoms with Gasteiger partial charge < -0.3 is 27.9 Å². The predicted octanol–water partition coefficient (Wildman–Crippen LogP) is 12.8. The fraction of sp³-hybridized carbons (Fsp3) is 0.792. The molecule has 0 saturated heterocycles. The SMILES string of the molecule is CC/C=C\C/C=C\C/C=C\C/C=C\CCCCCCCCCCCCCCCCCCC(=O)OC(COC(=O)CCCCCCC)COP(=O)([O-])OCC[N+](C)(C)C. The van der Waals surface area contributed by atoms with Gasteiger partial charge in [0, 0.05) is 12.8 Å². The zero-order valence-corrected chi connectivity index (χ0v) is 38.9. The van der Waals surface area contributed by atoms with Crippen LogP contribution in [0.15, 0.2) is 48.6 Å². The lowest BCUT2D eigenvalue weighted by atomic mass is 10.0. The smallest absolute Gasteiger partial charge is 0.306 e. The van der Waals surface area contributed by atoms with E-state index in [4.69, 9.17) is 18.5 Å². The van der Waals surface area contributed by atoms with Crippen LogP contribution in [0.2, 0.25) is 0 Å². The second kappa shape index (κ2) is 40.4. The maximum absolute atomic E-state index is 12.6. The number of esters is 2. The van der Waals surface area contributed by atoms with Gasteiger partial charge in [-0.25, -0.2) is 0 Å². The van der Waals surface area contributed by atoms with Crippen molar-refractivity contribution in [1.29, 1.82) is 0 Å². The molecule has 0 saturated carbocycles. The highest BCUT2D eigenvalue weighted by atomic mass is 31.2. The highest BCUT2D eigenvalue weighted by Crippen LogP contribution is 2.38. The molecule has 0 aromatic carbocycles. The van der Waals surface area contributed by atoms with Crippen LogP contribution in [-0.4, -0.2) is 70.0 Å². The summed E-state index contributed by atoms with van der Waals surface area (Å²) in [5.41, 5.74) is 0. The average Bonchev–Trinajstić information content (AvgIpc) is 3.17. The van der Waals surface area contributed by atoms with Crippen LogP contribution in [0.25, 0.3) is 0 Å². The largest absolute Gasteiger partial charge is 0.756 e. The number of nitrogens with zero attached hydrogens (tertiary/aromatic N) is 1. The average molecular weight is 838 g/mol. The molecule has 0 radical (unpaired) electrons. The molecule has 2 unspecified atom stereocenters. The Kier molecular flexibility index (Phi) is 39.0. The van der Waals surface area contributed by atoms with Crippen LogP contribution >= 0.6 is 7.82 Å². The van der Waals surface area contributed by atoms with E-state index < -0.39 is 32.5 Å². The number of allylic oxidation sites excluding steroid dienone is 8. The Balaban J connectivity index is 3.95. The van der Waals surface area contributed by atoms with Crippen LogP contribution in [0.4, 0.5) is 0 Å². The lowest BCUT2D eigenvalue weighted by molar-refractivity contribution is -0.870. The van der Waals surface area contributed by atoms with E-state index in [0.717, 1.165) is 77.0 Å². The summed E-state index contributed by atoms with van der Waals surface area (Å²) in [6.45, 7) is 4.02. The molecular weight excluding hydrogens is 750 g/mol. The molecule has 2 atom stereocenters. The topological polar surface area (TPSA) is 111 Å². The zero-order valence-electron chi connectivity index (χ0n) is 38.0. The van der Waals surface area contributed by atoms with Gasteiger partial charge in [0.25, 0.3) is 7.82 Å². The van der Waals surface area contributed by atoms with Gasteiger partial charge in [0.05, 0.1) is 27.7 Å². The van der Waals surface area contributed by atoms with Crippen molar-refractivity contribution in [1.82, 2.24) is 0 Å². The van der Waals surface area contributed by atoms with Gasteiger partial charge in [0.2, 0.25) is 0 Å². The molecule has 0 N–H and O–H groups in total. The van der Waals surface area contributed by atoms with Gasteiger partial charge >= 0.3 is 11.9 Å². The number of ether oxygens (including phenoxy) is 2. The number of hydrogen-bond acceptors (Lipinski definition) is 8. The number of carbonyl (C=O) groups excluding carboxylic acids is 2. The lowest BCUT2D eigenvalue weighted by Gasteiger charge is -2.28. The fourth-order valence-corrected chi connectivity index (χ4v) is 6.96. The van der Waals surface area contributed by atoms with Crippen LogP contribution in [0.5, 0.6) is 0 Å². The standard InChI is InChI=1S/C48H88NO8P/c1-6-8-10-12-13-14-15-16-17-18-19-20-21-22-23-24-25-26-27-28-29-30-31-32-33-34-35-37-39-41-48(51)57-46(44-54-47(50)40-38-36-11-9-7-2)45-56-58(52,53)55-43-42-49(3,4)5/h8,10,13-14,16-17,19-20,46H,6-7,9,11-12,15,18,21-45H2,1-5H3/b10-8-,14-13-,17-16-,20-19-. The van der Waals surface area contributed by atoms with Crippen LogP contribution in [0.1, 0.15) is 194 Å². The van der Waals surface area contributed by atoms with Gasteiger partial charge in [-0.05, 0) is 51.4 Å². The van der Waals surface area contributed by atoms with E-state index in [2.05, 4.69) is 62.5 Å². The lowest BCUT2D eigenvalue weighted by Crippen LogP contribution is -2.37. The maximum Gasteiger partial charge on any atom is 0.306 e. The summed E-state index contributed by atoms with van der Waals surface area (Å²) >= 11 is 0. The first-order valence-corrected chi connectivity index (χ1v) is 24.8. The Morgan fingerprint density at radius 2 is 0.983 bits per heavy atom. The first-order chi connectivity index (χ1) is 28.0. The summed E-state index contributed by atoms with van der Waals surface area (Å²) < 4.78 is 33.7. The number of hydrogen-bond donors (Lipinski definition) is 0. The van der Waals surface area contributed by atoms with Gasteiger partial charge in [-0.2, -0.15) is 0 Å². The molecular formula is C48H88NO8P. The third kappa shape index (κ3) is 43.5. The highest BCUT2D eigenvalue weighted by Gasteiger charge is 2.21.